The Hall–Kier alpha value is -1.06. The molecule has 1 atom stereocenters. The Bertz CT molecular complexity index is 310. The first-order chi connectivity index (χ1) is 8.24. The van der Waals surface area contributed by atoms with Crippen LogP contribution in [0.25, 0.3) is 0 Å². The predicted octanol–water partition coefficient (Wildman–Crippen LogP) is 2.42. The highest BCUT2D eigenvalue weighted by Gasteiger charge is 2.03. The maximum atomic E-state index is 9.23. The quantitative estimate of drug-likeness (QED) is 0.707. The SMILES string of the molecule is COCCOc1ccccc1CCCC(C)O. The second kappa shape index (κ2) is 8.09. The summed E-state index contributed by atoms with van der Waals surface area (Å²) in [6, 6.07) is 8.04. The highest BCUT2D eigenvalue weighted by molar-refractivity contribution is 5.33. The molecule has 0 bridgehead atoms. The van der Waals surface area contributed by atoms with Crippen LogP contribution in [-0.2, 0) is 11.2 Å². The molecule has 17 heavy (non-hydrogen) atoms. The Kier molecular flexibility index (Phi) is 6.67. The normalized spacial score (nSPS) is 12.4. The van der Waals surface area contributed by atoms with E-state index in [0.717, 1.165) is 25.0 Å². The van der Waals surface area contributed by atoms with Crippen molar-refractivity contribution in [1.29, 1.82) is 0 Å². The zero-order valence-electron chi connectivity index (χ0n) is 10.7. The third-order valence-corrected chi connectivity index (χ3v) is 2.59. The van der Waals surface area contributed by atoms with E-state index in [0.29, 0.717) is 13.2 Å². The Morgan fingerprint density at radius 3 is 2.71 bits per heavy atom. The van der Waals surface area contributed by atoms with Gasteiger partial charge in [0.05, 0.1) is 12.7 Å². The molecule has 0 heterocycles. The van der Waals surface area contributed by atoms with Gasteiger partial charge in [0, 0.05) is 7.11 Å². The van der Waals surface area contributed by atoms with E-state index in [1.165, 1.54) is 5.56 Å². The van der Waals surface area contributed by atoms with E-state index >= 15 is 0 Å². The van der Waals surface area contributed by atoms with Crippen LogP contribution in [0.15, 0.2) is 24.3 Å². The van der Waals surface area contributed by atoms with Gasteiger partial charge in [0.2, 0.25) is 0 Å². The average Bonchev–Trinajstić information content (AvgIpc) is 2.31. The molecule has 1 aromatic carbocycles. The first-order valence-corrected chi connectivity index (χ1v) is 6.11. The van der Waals surface area contributed by atoms with E-state index in [9.17, 15) is 5.11 Å². The number of para-hydroxylation sites is 1. The van der Waals surface area contributed by atoms with Gasteiger partial charge in [-0.3, -0.25) is 0 Å². The maximum Gasteiger partial charge on any atom is 0.122 e. The standard InChI is InChI=1S/C14H22O3/c1-12(15)6-5-8-13-7-3-4-9-14(13)17-11-10-16-2/h3-4,7,9,12,15H,5-6,8,10-11H2,1-2H3. The van der Waals surface area contributed by atoms with Crippen molar-refractivity contribution in [2.75, 3.05) is 20.3 Å². The number of methoxy groups -OCH3 is 1. The zero-order valence-corrected chi connectivity index (χ0v) is 10.7. The van der Waals surface area contributed by atoms with E-state index in [2.05, 4.69) is 6.07 Å². The summed E-state index contributed by atoms with van der Waals surface area (Å²) >= 11 is 0. The summed E-state index contributed by atoms with van der Waals surface area (Å²) in [7, 11) is 1.66. The third kappa shape index (κ3) is 5.71. The lowest BCUT2D eigenvalue weighted by Crippen LogP contribution is -2.06. The molecule has 0 fully saturated rings. The number of aliphatic hydroxyl groups is 1. The third-order valence-electron chi connectivity index (χ3n) is 2.59. The molecule has 0 saturated carbocycles. The Labute approximate surface area is 103 Å². The van der Waals surface area contributed by atoms with Gasteiger partial charge in [-0.1, -0.05) is 18.2 Å². The fourth-order valence-corrected chi connectivity index (χ4v) is 1.67. The van der Waals surface area contributed by atoms with Crippen LogP contribution in [0.2, 0.25) is 0 Å². The van der Waals surface area contributed by atoms with Gasteiger partial charge in [-0.2, -0.15) is 0 Å². The molecule has 0 saturated heterocycles. The molecule has 1 N–H and O–H groups in total. The van der Waals surface area contributed by atoms with Gasteiger partial charge in [0.25, 0.3) is 0 Å². The molecule has 1 aromatic rings. The second-order valence-corrected chi connectivity index (χ2v) is 4.19. The van der Waals surface area contributed by atoms with E-state index in [-0.39, 0.29) is 6.10 Å². The van der Waals surface area contributed by atoms with Crippen LogP contribution in [0.5, 0.6) is 5.75 Å². The molecule has 0 radical (unpaired) electrons. The molecular formula is C14H22O3. The summed E-state index contributed by atoms with van der Waals surface area (Å²) < 4.78 is 10.6. The van der Waals surface area contributed by atoms with Crippen molar-refractivity contribution in [3.63, 3.8) is 0 Å². The van der Waals surface area contributed by atoms with Crippen molar-refractivity contribution in [1.82, 2.24) is 0 Å². The number of ether oxygens (including phenoxy) is 2. The van der Waals surface area contributed by atoms with Crippen molar-refractivity contribution in [3.05, 3.63) is 29.8 Å². The van der Waals surface area contributed by atoms with Gasteiger partial charge in [-0.25, -0.2) is 0 Å². The first-order valence-electron chi connectivity index (χ1n) is 6.11. The van der Waals surface area contributed by atoms with Crippen LogP contribution in [0, 0.1) is 0 Å². The largest absolute Gasteiger partial charge is 0.491 e. The number of aryl methyl sites for hydroxylation is 1. The molecule has 0 aromatic heterocycles. The van der Waals surface area contributed by atoms with Crippen LogP contribution in [0.4, 0.5) is 0 Å². The van der Waals surface area contributed by atoms with Gasteiger partial charge in [0.15, 0.2) is 0 Å². The number of hydrogen-bond acceptors (Lipinski definition) is 3. The summed E-state index contributed by atoms with van der Waals surface area (Å²) in [4.78, 5) is 0. The molecule has 0 aliphatic heterocycles. The Morgan fingerprint density at radius 1 is 1.24 bits per heavy atom. The van der Waals surface area contributed by atoms with Crippen LogP contribution in [0.3, 0.4) is 0 Å². The Balaban J connectivity index is 2.46. The molecule has 0 aliphatic carbocycles. The lowest BCUT2D eigenvalue weighted by Gasteiger charge is -2.11. The van der Waals surface area contributed by atoms with Gasteiger partial charge in [0.1, 0.15) is 12.4 Å². The summed E-state index contributed by atoms with van der Waals surface area (Å²) in [5.41, 5.74) is 1.20. The van der Waals surface area contributed by atoms with Crippen molar-refractivity contribution < 1.29 is 14.6 Å². The molecular weight excluding hydrogens is 216 g/mol. The number of rotatable bonds is 8. The topological polar surface area (TPSA) is 38.7 Å². The monoisotopic (exact) mass is 238 g/mol. The minimum absolute atomic E-state index is 0.225. The Morgan fingerprint density at radius 2 is 2.00 bits per heavy atom. The van der Waals surface area contributed by atoms with E-state index in [1.54, 1.807) is 7.11 Å². The predicted molar refractivity (Wildman–Crippen MR) is 68.4 cm³/mol. The summed E-state index contributed by atoms with van der Waals surface area (Å²) in [6.45, 7) is 2.99. The first kappa shape index (κ1) is 14.0. The van der Waals surface area contributed by atoms with E-state index in [4.69, 9.17) is 9.47 Å². The number of aliphatic hydroxyl groups excluding tert-OH is 1. The number of hydrogen-bond donors (Lipinski definition) is 1. The van der Waals surface area contributed by atoms with Crippen molar-refractivity contribution >= 4 is 0 Å². The fraction of sp³-hybridized carbons (Fsp3) is 0.571. The highest BCUT2D eigenvalue weighted by Crippen LogP contribution is 2.20. The molecule has 96 valence electrons. The average molecular weight is 238 g/mol. The van der Waals surface area contributed by atoms with Crippen LogP contribution in [0.1, 0.15) is 25.3 Å². The fourth-order valence-electron chi connectivity index (χ4n) is 1.67. The van der Waals surface area contributed by atoms with Gasteiger partial charge >= 0.3 is 0 Å². The maximum absolute atomic E-state index is 9.23. The van der Waals surface area contributed by atoms with Crippen LogP contribution in [-0.4, -0.2) is 31.5 Å². The summed E-state index contributed by atoms with van der Waals surface area (Å²) in [5.74, 6) is 0.926. The molecule has 1 unspecified atom stereocenters. The minimum atomic E-state index is -0.225. The van der Waals surface area contributed by atoms with Gasteiger partial charge in [-0.05, 0) is 37.8 Å². The van der Waals surface area contributed by atoms with Crippen LogP contribution < -0.4 is 4.74 Å². The molecule has 0 aliphatic rings. The van der Waals surface area contributed by atoms with E-state index in [1.807, 2.05) is 25.1 Å². The number of benzene rings is 1. The molecule has 0 amide bonds. The van der Waals surface area contributed by atoms with Crippen molar-refractivity contribution in [3.8, 4) is 5.75 Å². The van der Waals surface area contributed by atoms with Gasteiger partial charge in [-0.15, -0.1) is 0 Å². The second-order valence-electron chi connectivity index (χ2n) is 4.19. The van der Waals surface area contributed by atoms with Crippen molar-refractivity contribution in [2.24, 2.45) is 0 Å². The molecule has 0 spiro atoms. The smallest absolute Gasteiger partial charge is 0.122 e. The molecule has 3 nitrogen and oxygen atoms in total. The highest BCUT2D eigenvalue weighted by atomic mass is 16.5. The van der Waals surface area contributed by atoms with E-state index < -0.39 is 0 Å². The zero-order chi connectivity index (χ0) is 12.5. The van der Waals surface area contributed by atoms with Gasteiger partial charge < -0.3 is 14.6 Å². The molecule has 1 rings (SSSR count). The summed E-state index contributed by atoms with van der Waals surface area (Å²) in [6.07, 6.45) is 2.51. The minimum Gasteiger partial charge on any atom is -0.491 e. The molecule has 3 heteroatoms. The van der Waals surface area contributed by atoms with Crippen LogP contribution >= 0.6 is 0 Å². The summed E-state index contributed by atoms with van der Waals surface area (Å²) in [5, 5.41) is 9.23. The lowest BCUT2D eigenvalue weighted by atomic mass is 10.1. The lowest BCUT2D eigenvalue weighted by molar-refractivity contribution is 0.145. The van der Waals surface area contributed by atoms with Crippen molar-refractivity contribution in [2.45, 2.75) is 32.3 Å².